The van der Waals surface area contributed by atoms with Crippen LogP contribution in [0.3, 0.4) is 0 Å². The summed E-state index contributed by atoms with van der Waals surface area (Å²) in [4.78, 5) is 25.2. The molecule has 3 rings (SSSR count). The summed E-state index contributed by atoms with van der Waals surface area (Å²) in [6.07, 6.45) is 0.468. The Labute approximate surface area is 179 Å². The van der Waals surface area contributed by atoms with E-state index in [1.807, 2.05) is 53.9 Å². The van der Waals surface area contributed by atoms with Gasteiger partial charge in [-0.3, -0.25) is 9.59 Å². The van der Waals surface area contributed by atoms with Gasteiger partial charge in [0.05, 0.1) is 11.8 Å². The molecule has 2 aromatic carbocycles. The van der Waals surface area contributed by atoms with Gasteiger partial charge in [0.25, 0.3) is 5.91 Å². The molecule has 0 radical (unpaired) electrons. The zero-order valence-electron chi connectivity index (χ0n) is 16.0. The first-order valence-corrected chi connectivity index (χ1v) is 11.4. The molecule has 150 valence electrons. The van der Waals surface area contributed by atoms with Crippen molar-refractivity contribution >= 4 is 34.8 Å². The Morgan fingerprint density at radius 2 is 1.69 bits per heavy atom. The van der Waals surface area contributed by atoms with E-state index in [2.05, 4.69) is 16.8 Å². The first-order chi connectivity index (χ1) is 14.2. The zero-order valence-corrected chi connectivity index (χ0v) is 17.6. The standard InChI is InChI=1S/C23H23NO3S2/c25-22(17-29-16-19-11-12-28-15-19)21(13-18-7-3-1-4-8-18)24-23(26)14-27-20-9-5-2-6-10-20/h1-12,15,21H,13-14,16-17H2,(H,24,26)/t21-/m0/s1. The molecule has 6 heteroatoms. The van der Waals surface area contributed by atoms with E-state index in [0.29, 0.717) is 17.9 Å². The summed E-state index contributed by atoms with van der Waals surface area (Å²) in [6, 6.07) is 20.4. The number of hydrogen-bond donors (Lipinski definition) is 1. The molecule has 0 fully saturated rings. The molecule has 4 nitrogen and oxygen atoms in total. The van der Waals surface area contributed by atoms with Crippen molar-refractivity contribution in [3.8, 4) is 5.75 Å². The lowest BCUT2D eigenvalue weighted by molar-refractivity contribution is -0.128. The maximum Gasteiger partial charge on any atom is 0.258 e. The summed E-state index contributed by atoms with van der Waals surface area (Å²) < 4.78 is 5.50. The van der Waals surface area contributed by atoms with E-state index in [1.54, 1.807) is 35.2 Å². The van der Waals surface area contributed by atoms with Crippen molar-refractivity contribution in [3.05, 3.63) is 88.6 Å². The molecule has 1 aromatic heterocycles. The summed E-state index contributed by atoms with van der Waals surface area (Å²) in [7, 11) is 0. The number of ketones is 1. The number of nitrogens with one attached hydrogen (secondary N) is 1. The molecule has 1 amide bonds. The van der Waals surface area contributed by atoms with Crippen LogP contribution in [0.25, 0.3) is 0 Å². The fraction of sp³-hybridized carbons (Fsp3) is 0.217. The van der Waals surface area contributed by atoms with Gasteiger partial charge in [0, 0.05) is 5.75 Å². The van der Waals surface area contributed by atoms with Crippen LogP contribution in [-0.2, 0) is 21.8 Å². The normalized spacial score (nSPS) is 11.6. The predicted octanol–water partition coefficient (Wildman–Crippen LogP) is 4.36. The molecule has 0 spiro atoms. The van der Waals surface area contributed by atoms with E-state index < -0.39 is 6.04 Å². The Morgan fingerprint density at radius 3 is 2.38 bits per heavy atom. The number of carbonyl (C=O) groups excluding carboxylic acids is 2. The molecular weight excluding hydrogens is 402 g/mol. The average Bonchev–Trinajstić information content (AvgIpc) is 3.27. The number of rotatable bonds is 11. The molecule has 0 saturated heterocycles. The topological polar surface area (TPSA) is 55.4 Å². The minimum atomic E-state index is -0.570. The Kier molecular flexibility index (Phi) is 8.34. The number of para-hydroxylation sites is 1. The lowest BCUT2D eigenvalue weighted by Crippen LogP contribution is -2.45. The highest BCUT2D eigenvalue weighted by molar-refractivity contribution is 7.99. The van der Waals surface area contributed by atoms with Gasteiger partial charge in [-0.25, -0.2) is 0 Å². The Bertz CT molecular complexity index is 883. The molecule has 0 aliphatic carbocycles. The number of amides is 1. The summed E-state index contributed by atoms with van der Waals surface area (Å²) in [5, 5.41) is 6.97. The van der Waals surface area contributed by atoms with E-state index in [4.69, 9.17) is 4.74 Å². The summed E-state index contributed by atoms with van der Waals surface area (Å²) in [6.45, 7) is -0.120. The zero-order chi connectivity index (χ0) is 20.3. The number of thiophene rings is 1. The van der Waals surface area contributed by atoms with Gasteiger partial charge >= 0.3 is 0 Å². The predicted molar refractivity (Wildman–Crippen MR) is 120 cm³/mol. The van der Waals surface area contributed by atoms with Crippen LogP contribution in [0.5, 0.6) is 5.75 Å². The molecular formula is C23H23NO3S2. The minimum Gasteiger partial charge on any atom is -0.484 e. The highest BCUT2D eigenvalue weighted by Gasteiger charge is 2.21. The van der Waals surface area contributed by atoms with E-state index >= 15 is 0 Å². The Hall–Kier alpha value is -2.57. The molecule has 3 aromatic rings. The average molecular weight is 426 g/mol. The van der Waals surface area contributed by atoms with Crippen molar-refractivity contribution in [2.24, 2.45) is 0 Å². The van der Waals surface area contributed by atoms with Crippen molar-refractivity contribution in [2.45, 2.75) is 18.2 Å². The van der Waals surface area contributed by atoms with Crippen molar-refractivity contribution in [2.75, 3.05) is 12.4 Å². The number of ether oxygens (including phenoxy) is 1. The first-order valence-electron chi connectivity index (χ1n) is 9.33. The number of carbonyl (C=O) groups is 2. The highest BCUT2D eigenvalue weighted by Crippen LogP contribution is 2.16. The fourth-order valence-electron chi connectivity index (χ4n) is 2.74. The van der Waals surface area contributed by atoms with Gasteiger partial charge in [-0.2, -0.15) is 11.3 Å². The van der Waals surface area contributed by atoms with Crippen LogP contribution >= 0.6 is 23.1 Å². The second kappa shape index (κ2) is 11.4. The van der Waals surface area contributed by atoms with Crippen molar-refractivity contribution in [1.29, 1.82) is 0 Å². The van der Waals surface area contributed by atoms with Crippen LogP contribution < -0.4 is 10.1 Å². The van der Waals surface area contributed by atoms with Crippen LogP contribution in [0, 0.1) is 0 Å². The van der Waals surface area contributed by atoms with Crippen LogP contribution in [-0.4, -0.2) is 30.1 Å². The second-order valence-corrected chi connectivity index (χ2v) is 8.27. The molecule has 1 atom stereocenters. The van der Waals surface area contributed by atoms with Crippen LogP contribution in [0.15, 0.2) is 77.5 Å². The van der Waals surface area contributed by atoms with Gasteiger partial charge in [0.15, 0.2) is 12.4 Å². The molecule has 0 bridgehead atoms. The van der Waals surface area contributed by atoms with Gasteiger partial charge in [-0.15, -0.1) is 11.8 Å². The largest absolute Gasteiger partial charge is 0.484 e. The third-order valence-corrected chi connectivity index (χ3v) is 5.97. The maximum atomic E-state index is 12.8. The van der Waals surface area contributed by atoms with Crippen molar-refractivity contribution in [1.82, 2.24) is 5.32 Å². The molecule has 0 aliphatic heterocycles. The van der Waals surface area contributed by atoms with Crippen molar-refractivity contribution < 1.29 is 14.3 Å². The van der Waals surface area contributed by atoms with Gasteiger partial charge in [0.2, 0.25) is 0 Å². The van der Waals surface area contributed by atoms with E-state index in [-0.39, 0.29) is 18.3 Å². The van der Waals surface area contributed by atoms with Gasteiger partial charge in [-0.1, -0.05) is 48.5 Å². The van der Waals surface area contributed by atoms with Crippen molar-refractivity contribution in [3.63, 3.8) is 0 Å². The van der Waals surface area contributed by atoms with Gasteiger partial charge in [0.1, 0.15) is 5.75 Å². The van der Waals surface area contributed by atoms with E-state index in [0.717, 1.165) is 11.3 Å². The number of hydrogen-bond acceptors (Lipinski definition) is 5. The highest BCUT2D eigenvalue weighted by atomic mass is 32.2. The smallest absolute Gasteiger partial charge is 0.258 e. The molecule has 29 heavy (non-hydrogen) atoms. The third kappa shape index (κ3) is 7.40. The molecule has 1 heterocycles. The first kappa shape index (κ1) is 21.1. The maximum absolute atomic E-state index is 12.8. The van der Waals surface area contributed by atoms with Gasteiger partial charge in [-0.05, 0) is 46.5 Å². The van der Waals surface area contributed by atoms with Gasteiger partial charge < -0.3 is 10.1 Å². The summed E-state index contributed by atoms with van der Waals surface area (Å²) >= 11 is 3.22. The lowest BCUT2D eigenvalue weighted by atomic mass is 10.0. The van der Waals surface area contributed by atoms with E-state index in [9.17, 15) is 9.59 Å². The monoisotopic (exact) mass is 425 g/mol. The van der Waals surface area contributed by atoms with Crippen LogP contribution in [0.1, 0.15) is 11.1 Å². The molecule has 1 N–H and O–H groups in total. The lowest BCUT2D eigenvalue weighted by Gasteiger charge is -2.18. The minimum absolute atomic E-state index is 0.0159. The third-order valence-electron chi connectivity index (χ3n) is 4.21. The molecule has 0 unspecified atom stereocenters. The fourth-order valence-corrected chi connectivity index (χ4v) is 4.44. The van der Waals surface area contributed by atoms with Crippen LogP contribution in [0.4, 0.5) is 0 Å². The number of Topliss-reactive ketones (excluding diaryl/α,β-unsaturated/α-hetero) is 1. The second-order valence-electron chi connectivity index (χ2n) is 6.50. The summed E-state index contributed by atoms with van der Waals surface area (Å²) in [5.74, 6) is 1.49. The number of thioether (sulfide) groups is 1. The summed E-state index contributed by atoms with van der Waals surface area (Å²) in [5.41, 5.74) is 2.23. The van der Waals surface area contributed by atoms with E-state index in [1.165, 1.54) is 5.56 Å². The molecule has 0 saturated carbocycles. The Balaban J connectivity index is 1.55. The quantitative estimate of drug-likeness (QED) is 0.496. The number of benzene rings is 2. The molecule has 0 aliphatic rings. The van der Waals surface area contributed by atoms with Crippen LogP contribution in [0.2, 0.25) is 0 Å². The Morgan fingerprint density at radius 1 is 0.966 bits per heavy atom. The SMILES string of the molecule is O=C(COc1ccccc1)N[C@@H](Cc1ccccc1)C(=O)CSCc1ccsc1.